The molecule has 3 N–H and O–H groups in total. The summed E-state index contributed by atoms with van der Waals surface area (Å²) in [6.07, 6.45) is -6.18. The first-order chi connectivity index (χ1) is 15.4. The fourth-order valence-electron chi connectivity index (χ4n) is 2.72. The number of halogens is 6. The third-order valence-corrected chi connectivity index (χ3v) is 4.22. The van der Waals surface area contributed by atoms with Gasteiger partial charge in [0.05, 0.1) is 17.7 Å². The number of carboxylic acid groups (broad SMARTS) is 1. The van der Waals surface area contributed by atoms with E-state index >= 15 is 0 Å². The summed E-state index contributed by atoms with van der Waals surface area (Å²) in [5.41, 5.74) is -4.15. The fraction of sp³-hybridized carbons (Fsp3) is 0.600. The number of amides is 2. The highest BCUT2D eigenvalue weighted by molar-refractivity contribution is 5.89. The molecular weight excluding hydrogens is 462 g/mol. The number of hydrogen-bond acceptors (Lipinski definition) is 4. The van der Waals surface area contributed by atoms with Crippen LogP contribution in [0.5, 0.6) is 0 Å². The first kappa shape index (κ1) is 28.5. The van der Waals surface area contributed by atoms with Crippen LogP contribution in [0.1, 0.15) is 43.2 Å². The molecule has 0 aliphatic rings. The monoisotopic (exact) mass is 488 g/mol. The van der Waals surface area contributed by atoms with E-state index in [-0.39, 0.29) is 31.9 Å². The lowest BCUT2D eigenvalue weighted by Gasteiger charge is -2.17. The van der Waals surface area contributed by atoms with Crippen LogP contribution in [0.3, 0.4) is 0 Å². The number of unbranched alkanes of at least 4 members (excludes halogenated alkanes) is 4. The van der Waals surface area contributed by atoms with Crippen molar-refractivity contribution in [2.45, 2.75) is 44.5 Å². The van der Waals surface area contributed by atoms with Crippen LogP contribution in [0.2, 0.25) is 0 Å². The number of anilines is 1. The largest absolute Gasteiger partial charge is 0.480 e. The maximum atomic E-state index is 12.9. The topological polar surface area (TPSA) is 96.9 Å². The van der Waals surface area contributed by atoms with E-state index in [4.69, 9.17) is 14.6 Å². The van der Waals surface area contributed by atoms with Crippen molar-refractivity contribution in [1.29, 1.82) is 0 Å². The Bertz CT molecular complexity index is 755. The summed E-state index contributed by atoms with van der Waals surface area (Å²) in [7, 11) is 0. The molecule has 0 bridgehead atoms. The number of aliphatic carboxylic acids is 1. The van der Waals surface area contributed by atoms with Crippen molar-refractivity contribution in [3.05, 3.63) is 29.3 Å². The van der Waals surface area contributed by atoms with Crippen LogP contribution in [-0.2, 0) is 26.6 Å². The first-order valence-corrected chi connectivity index (χ1v) is 10.1. The molecular formula is C20H26F6N2O5. The lowest BCUT2D eigenvalue weighted by atomic mass is 10.1. The lowest BCUT2D eigenvalue weighted by molar-refractivity contribution is -0.162. The van der Waals surface area contributed by atoms with Crippen LogP contribution in [0.25, 0.3) is 0 Å². The summed E-state index contributed by atoms with van der Waals surface area (Å²) in [4.78, 5) is 22.0. The van der Waals surface area contributed by atoms with Gasteiger partial charge in [-0.25, -0.2) is 9.59 Å². The van der Waals surface area contributed by atoms with Crippen molar-refractivity contribution < 1.29 is 50.5 Å². The normalized spacial score (nSPS) is 11.9. The predicted molar refractivity (Wildman–Crippen MR) is 106 cm³/mol. The van der Waals surface area contributed by atoms with Gasteiger partial charge in [0.15, 0.2) is 0 Å². The average molecular weight is 488 g/mol. The van der Waals surface area contributed by atoms with Crippen LogP contribution >= 0.6 is 0 Å². The van der Waals surface area contributed by atoms with E-state index in [0.717, 1.165) is 38.2 Å². The zero-order chi connectivity index (χ0) is 24.9. The maximum absolute atomic E-state index is 12.9. The number of ether oxygens (including phenoxy) is 2. The molecule has 0 fully saturated rings. The van der Waals surface area contributed by atoms with E-state index in [1.54, 1.807) is 0 Å². The molecule has 1 aromatic carbocycles. The summed E-state index contributed by atoms with van der Waals surface area (Å²) >= 11 is 0. The Hall–Kier alpha value is -2.54. The van der Waals surface area contributed by atoms with Crippen molar-refractivity contribution in [3.63, 3.8) is 0 Å². The fourth-order valence-corrected chi connectivity index (χ4v) is 2.72. The van der Waals surface area contributed by atoms with E-state index < -0.39 is 41.2 Å². The molecule has 13 heteroatoms. The minimum Gasteiger partial charge on any atom is -0.480 e. The van der Waals surface area contributed by atoms with E-state index in [9.17, 15) is 35.9 Å². The van der Waals surface area contributed by atoms with Gasteiger partial charge in [0.2, 0.25) is 0 Å². The van der Waals surface area contributed by atoms with Crippen molar-refractivity contribution in [2.75, 3.05) is 38.3 Å². The van der Waals surface area contributed by atoms with Crippen LogP contribution in [0, 0.1) is 0 Å². The number of carboxylic acids is 1. The van der Waals surface area contributed by atoms with Gasteiger partial charge in [-0.2, -0.15) is 26.3 Å². The van der Waals surface area contributed by atoms with E-state index in [1.807, 2.05) is 0 Å². The molecule has 0 aliphatic heterocycles. The molecule has 188 valence electrons. The number of carbonyl (C=O) groups excluding carboxylic acids is 1. The van der Waals surface area contributed by atoms with Crippen LogP contribution in [0.15, 0.2) is 18.2 Å². The van der Waals surface area contributed by atoms with Gasteiger partial charge < -0.3 is 25.2 Å². The predicted octanol–water partition coefficient (Wildman–Crippen LogP) is 4.91. The van der Waals surface area contributed by atoms with Gasteiger partial charge in [0, 0.05) is 25.4 Å². The van der Waals surface area contributed by atoms with Gasteiger partial charge in [-0.15, -0.1) is 0 Å². The van der Waals surface area contributed by atoms with Crippen molar-refractivity contribution in [2.24, 2.45) is 0 Å². The molecule has 0 spiro atoms. The smallest absolute Gasteiger partial charge is 0.417 e. The molecule has 0 heterocycles. The maximum Gasteiger partial charge on any atom is 0.417 e. The first-order valence-electron chi connectivity index (χ1n) is 10.1. The molecule has 0 saturated heterocycles. The number of alkyl halides is 6. The molecule has 33 heavy (non-hydrogen) atoms. The SMILES string of the molecule is O=C(O)COCCCCCCCOCCNC(=O)Nc1ccc(C(F)(F)F)c(C(F)(F)F)c1. The quantitative estimate of drug-likeness (QED) is 0.255. The molecule has 2 amide bonds. The summed E-state index contributed by atoms with van der Waals surface area (Å²) in [6.45, 7) is 0.725. The molecule has 1 aromatic rings. The lowest BCUT2D eigenvalue weighted by Crippen LogP contribution is -2.31. The zero-order valence-corrected chi connectivity index (χ0v) is 17.7. The molecule has 0 saturated carbocycles. The molecule has 0 aliphatic carbocycles. The van der Waals surface area contributed by atoms with E-state index in [1.165, 1.54) is 0 Å². The number of urea groups is 1. The zero-order valence-electron chi connectivity index (χ0n) is 17.7. The van der Waals surface area contributed by atoms with Crippen LogP contribution in [-0.4, -0.2) is 50.1 Å². The highest BCUT2D eigenvalue weighted by atomic mass is 19.4. The second-order valence-electron chi connectivity index (χ2n) is 6.96. The summed E-state index contributed by atoms with van der Waals surface area (Å²) < 4.78 is 87.3. The minimum absolute atomic E-state index is 0.0551. The Morgan fingerprint density at radius 3 is 1.97 bits per heavy atom. The Morgan fingerprint density at radius 2 is 1.39 bits per heavy atom. The van der Waals surface area contributed by atoms with Gasteiger partial charge in [-0.3, -0.25) is 0 Å². The van der Waals surface area contributed by atoms with Crippen LogP contribution in [0.4, 0.5) is 36.8 Å². The van der Waals surface area contributed by atoms with Gasteiger partial charge in [0.1, 0.15) is 6.61 Å². The standard InChI is InChI=1S/C20H26F6N2O5/c21-19(22,23)15-7-6-14(12-16(15)20(24,25)26)28-18(31)27-8-11-32-9-4-2-1-3-5-10-33-13-17(29)30/h6-7,12H,1-5,8-11,13H2,(H,29,30)(H2,27,28,31). The van der Waals surface area contributed by atoms with Crippen molar-refractivity contribution in [1.82, 2.24) is 5.32 Å². The summed E-state index contributed by atoms with van der Waals surface area (Å²) in [5, 5.41) is 12.8. The Morgan fingerprint density at radius 1 is 0.818 bits per heavy atom. The molecule has 0 aromatic heterocycles. The minimum atomic E-state index is -5.24. The van der Waals surface area contributed by atoms with Crippen LogP contribution < -0.4 is 10.6 Å². The second-order valence-corrected chi connectivity index (χ2v) is 6.96. The second kappa shape index (κ2) is 13.9. The molecule has 7 nitrogen and oxygen atoms in total. The molecule has 0 radical (unpaired) electrons. The third-order valence-electron chi connectivity index (χ3n) is 4.22. The Kier molecular flexibility index (Phi) is 12.0. The number of rotatable bonds is 14. The summed E-state index contributed by atoms with van der Waals surface area (Å²) in [5.74, 6) is -1.01. The number of benzene rings is 1. The number of nitrogens with one attached hydrogen (secondary N) is 2. The van der Waals surface area contributed by atoms with Gasteiger partial charge >= 0.3 is 24.4 Å². The van der Waals surface area contributed by atoms with Gasteiger partial charge in [-0.05, 0) is 31.0 Å². The van der Waals surface area contributed by atoms with Crippen molar-refractivity contribution >= 4 is 17.7 Å². The van der Waals surface area contributed by atoms with E-state index in [2.05, 4.69) is 10.6 Å². The summed E-state index contributed by atoms with van der Waals surface area (Å²) in [6, 6.07) is 0.366. The number of carbonyl (C=O) groups is 2. The third kappa shape index (κ3) is 12.3. The Balaban J connectivity index is 2.21. The molecule has 0 atom stereocenters. The Labute approximate surface area is 186 Å². The number of hydrogen-bond donors (Lipinski definition) is 3. The van der Waals surface area contributed by atoms with Gasteiger partial charge in [-0.1, -0.05) is 19.3 Å². The van der Waals surface area contributed by atoms with Crippen molar-refractivity contribution in [3.8, 4) is 0 Å². The molecule has 1 rings (SSSR count). The van der Waals surface area contributed by atoms with E-state index in [0.29, 0.717) is 13.2 Å². The van der Waals surface area contributed by atoms with Gasteiger partial charge in [0.25, 0.3) is 0 Å². The highest BCUT2D eigenvalue weighted by Crippen LogP contribution is 2.41. The molecule has 0 unspecified atom stereocenters. The average Bonchev–Trinajstić information content (AvgIpc) is 2.69. The highest BCUT2D eigenvalue weighted by Gasteiger charge is 2.43.